The van der Waals surface area contributed by atoms with E-state index in [1.165, 1.54) is 0 Å². The van der Waals surface area contributed by atoms with Gasteiger partial charge in [-0.3, -0.25) is 9.59 Å². The molecule has 1 saturated heterocycles. The van der Waals surface area contributed by atoms with Gasteiger partial charge in [-0.15, -0.1) is 0 Å². The third-order valence-electron chi connectivity index (χ3n) is 3.56. The molecule has 0 atom stereocenters. The van der Waals surface area contributed by atoms with E-state index in [4.69, 9.17) is 0 Å². The topological polar surface area (TPSA) is 69.6 Å². The average molecular weight is 355 g/mol. The average Bonchev–Trinajstić information content (AvgIpc) is 2.49. The molecule has 1 fully saturated rings. The number of hydrogen-bond acceptors (Lipinski definition) is 3. The van der Waals surface area contributed by atoms with Gasteiger partial charge in [-0.25, -0.2) is 0 Å². The molecule has 1 heterocycles. The molecule has 114 valence electrons. The zero-order valence-electron chi connectivity index (χ0n) is 12.0. The zero-order chi connectivity index (χ0) is 15.4. The van der Waals surface area contributed by atoms with E-state index in [-0.39, 0.29) is 23.8 Å². The van der Waals surface area contributed by atoms with Gasteiger partial charge in [-0.2, -0.15) is 0 Å². The Morgan fingerprint density at radius 2 is 1.95 bits per heavy atom. The third kappa shape index (κ3) is 3.97. The summed E-state index contributed by atoms with van der Waals surface area (Å²) >= 11 is 3.20. The number of benzene rings is 1. The van der Waals surface area contributed by atoms with Crippen LogP contribution in [0.1, 0.15) is 35.2 Å². The van der Waals surface area contributed by atoms with E-state index in [9.17, 15) is 14.7 Å². The van der Waals surface area contributed by atoms with Crippen molar-refractivity contribution in [3.8, 4) is 5.75 Å². The van der Waals surface area contributed by atoms with Gasteiger partial charge in [0, 0.05) is 13.1 Å². The van der Waals surface area contributed by atoms with E-state index in [2.05, 4.69) is 21.2 Å². The molecule has 1 aromatic carbocycles. The highest BCUT2D eigenvalue weighted by molar-refractivity contribution is 9.10. The predicted molar refractivity (Wildman–Crippen MR) is 83.3 cm³/mol. The number of nitrogens with one attached hydrogen (secondary N) is 1. The molecule has 0 aliphatic carbocycles. The Morgan fingerprint density at radius 3 is 2.62 bits per heavy atom. The van der Waals surface area contributed by atoms with Crippen molar-refractivity contribution in [2.75, 3.05) is 19.6 Å². The van der Waals surface area contributed by atoms with Crippen LogP contribution in [0.5, 0.6) is 5.75 Å². The summed E-state index contributed by atoms with van der Waals surface area (Å²) < 4.78 is 0.468. The van der Waals surface area contributed by atoms with Crippen molar-refractivity contribution in [3.63, 3.8) is 0 Å². The number of phenols is 1. The molecule has 0 radical (unpaired) electrons. The first-order valence-corrected chi connectivity index (χ1v) is 7.83. The van der Waals surface area contributed by atoms with Crippen molar-refractivity contribution in [2.24, 2.45) is 0 Å². The van der Waals surface area contributed by atoms with Crippen LogP contribution < -0.4 is 5.32 Å². The summed E-state index contributed by atoms with van der Waals surface area (Å²) in [4.78, 5) is 25.9. The monoisotopic (exact) mass is 354 g/mol. The van der Waals surface area contributed by atoms with Gasteiger partial charge in [-0.1, -0.05) is 0 Å². The molecule has 2 amide bonds. The highest BCUT2D eigenvalue weighted by Crippen LogP contribution is 2.29. The molecule has 2 rings (SSSR count). The lowest BCUT2D eigenvalue weighted by atomic mass is 10.1. The molecular formula is C15H19BrN2O3. The van der Waals surface area contributed by atoms with Crippen LogP contribution in [0, 0.1) is 6.92 Å². The number of phenolic OH excluding ortho intramolecular Hbond substituents is 1. The lowest BCUT2D eigenvalue weighted by molar-refractivity contribution is -0.130. The molecule has 6 heteroatoms. The van der Waals surface area contributed by atoms with Crippen LogP contribution in [0.2, 0.25) is 0 Å². The number of hydrogen-bond donors (Lipinski definition) is 2. The van der Waals surface area contributed by atoms with Crippen LogP contribution in [0.25, 0.3) is 0 Å². The predicted octanol–water partition coefficient (Wildman–Crippen LogP) is 2.21. The number of nitrogens with zero attached hydrogens (tertiary/aromatic N) is 1. The maximum atomic E-state index is 12.1. The fourth-order valence-corrected chi connectivity index (χ4v) is 2.99. The summed E-state index contributed by atoms with van der Waals surface area (Å²) in [7, 11) is 0. The SMILES string of the molecule is Cc1cc(Br)c(O)c(C(=O)NCC(=O)N2CCCCC2)c1. The van der Waals surface area contributed by atoms with Gasteiger partial charge in [0.2, 0.25) is 5.91 Å². The summed E-state index contributed by atoms with van der Waals surface area (Å²) in [6.07, 6.45) is 3.19. The molecule has 1 aromatic rings. The molecule has 21 heavy (non-hydrogen) atoms. The first-order valence-electron chi connectivity index (χ1n) is 7.04. The molecular weight excluding hydrogens is 336 g/mol. The van der Waals surface area contributed by atoms with Crippen molar-refractivity contribution in [1.29, 1.82) is 0 Å². The van der Waals surface area contributed by atoms with Crippen LogP contribution in [0.4, 0.5) is 0 Å². The second kappa shape index (κ2) is 6.93. The van der Waals surface area contributed by atoms with Crippen molar-refractivity contribution >= 4 is 27.7 Å². The molecule has 2 N–H and O–H groups in total. The van der Waals surface area contributed by atoms with Gasteiger partial charge < -0.3 is 15.3 Å². The smallest absolute Gasteiger partial charge is 0.255 e. The molecule has 0 unspecified atom stereocenters. The number of carbonyl (C=O) groups is 2. The van der Waals surface area contributed by atoms with Gasteiger partial charge in [0.1, 0.15) is 5.75 Å². The molecule has 0 aromatic heterocycles. The first-order chi connectivity index (χ1) is 9.99. The van der Waals surface area contributed by atoms with Crippen LogP contribution in [0.15, 0.2) is 16.6 Å². The minimum atomic E-state index is -0.442. The van der Waals surface area contributed by atoms with Crippen LogP contribution >= 0.6 is 15.9 Å². The number of amides is 2. The Morgan fingerprint density at radius 1 is 1.29 bits per heavy atom. The summed E-state index contributed by atoms with van der Waals surface area (Å²) in [5, 5.41) is 12.5. The summed E-state index contributed by atoms with van der Waals surface area (Å²) in [6.45, 7) is 3.32. The second-order valence-electron chi connectivity index (χ2n) is 5.27. The normalized spacial score (nSPS) is 14.9. The van der Waals surface area contributed by atoms with E-state index in [0.29, 0.717) is 4.47 Å². The number of aryl methyl sites for hydroxylation is 1. The summed E-state index contributed by atoms with van der Waals surface area (Å²) in [5.74, 6) is -0.625. The standard InChI is InChI=1S/C15H19BrN2O3/c1-10-7-11(14(20)12(16)8-10)15(21)17-9-13(19)18-5-3-2-4-6-18/h7-8,20H,2-6,9H2,1H3,(H,17,21). The number of likely N-dealkylation sites (tertiary alicyclic amines) is 1. The van der Waals surface area contributed by atoms with Crippen molar-refractivity contribution in [3.05, 3.63) is 27.7 Å². The van der Waals surface area contributed by atoms with Crippen molar-refractivity contribution in [2.45, 2.75) is 26.2 Å². The quantitative estimate of drug-likeness (QED) is 0.874. The Balaban J connectivity index is 1.97. The molecule has 1 aliphatic heterocycles. The van der Waals surface area contributed by atoms with E-state index >= 15 is 0 Å². The number of halogens is 1. The minimum Gasteiger partial charge on any atom is -0.506 e. The molecule has 1 aliphatic rings. The Labute approximate surface area is 132 Å². The van der Waals surface area contributed by atoms with E-state index in [0.717, 1.165) is 37.9 Å². The fraction of sp³-hybridized carbons (Fsp3) is 0.467. The first kappa shape index (κ1) is 15.8. The Bertz CT molecular complexity index is 554. The highest BCUT2D eigenvalue weighted by Gasteiger charge is 2.19. The molecule has 5 nitrogen and oxygen atoms in total. The summed E-state index contributed by atoms with van der Waals surface area (Å²) in [5.41, 5.74) is 1.03. The Hall–Kier alpha value is -1.56. The lowest BCUT2D eigenvalue weighted by Gasteiger charge is -2.26. The maximum Gasteiger partial charge on any atom is 0.255 e. The minimum absolute atomic E-state index is 0.0379. The van der Waals surface area contributed by atoms with Gasteiger partial charge in [0.05, 0.1) is 16.6 Å². The number of rotatable bonds is 3. The highest BCUT2D eigenvalue weighted by atomic mass is 79.9. The van der Waals surface area contributed by atoms with Crippen molar-refractivity contribution < 1.29 is 14.7 Å². The number of aromatic hydroxyl groups is 1. The van der Waals surface area contributed by atoms with E-state index in [1.54, 1.807) is 17.0 Å². The van der Waals surface area contributed by atoms with Crippen LogP contribution in [0.3, 0.4) is 0 Å². The van der Waals surface area contributed by atoms with Gasteiger partial charge in [-0.05, 0) is 59.8 Å². The zero-order valence-corrected chi connectivity index (χ0v) is 13.6. The van der Waals surface area contributed by atoms with Crippen LogP contribution in [-0.2, 0) is 4.79 Å². The maximum absolute atomic E-state index is 12.1. The van der Waals surface area contributed by atoms with Gasteiger partial charge in [0.15, 0.2) is 0 Å². The molecule has 0 bridgehead atoms. The van der Waals surface area contributed by atoms with Gasteiger partial charge in [0.25, 0.3) is 5.91 Å². The third-order valence-corrected chi connectivity index (χ3v) is 4.17. The largest absolute Gasteiger partial charge is 0.506 e. The van der Waals surface area contributed by atoms with Crippen molar-refractivity contribution in [1.82, 2.24) is 10.2 Å². The van der Waals surface area contributed by atoms with E-state index < -0.39 is 5.91 Å². The molecule has 0 saturated carbocycles. The number of piperidine rings is 1. The second-order valence-corrected chi connectivity index (χ2v) is 6.12. The molecule has 0 spiro atoms. The summed E-state index contributed by atoms with van der Waals surface area (Å²) in [6, 6.07) is 3.33. The number of carbonyl (C=O) groups excluding carboxylic acids is 2. The van der Waals surface area contributed by atoms with E-state index in [1.807, 2.05) is 6.92 Å². The lowest BCUT2D eigenvalue weighted by Crippen LogP contribution is -2.42. The van der Waals surface area contributed by atoms with Gasteiger partial charge >= 0.3 is 0 Å². The Kier molecular flexibility index (Phi) is 5.22. The fourth-order valence-electron chi connectivity index (χ4n) is 2.41. The van der Waals surface area contributed by atoms with Crippen LogP contribution in [-0.4, -0.2) is 41.5 Å².